The number of ether oxygens (including phenoxy) is 2. The molecule has 0 atom stereocenters. The van der Waals surface area contributed by atoms with Gasteiger partial charge in [-0.2, -0.15) is 0 Å². The molecule has 0 aliphatic rings. The Morgan fingerprint density at radius 2 is 1.94 bits per heavy atom. The smallest absolute Gasteiger partial charge is 0.352 e. The average Bonchev–Trinajstić information content (AvgIpc) is 3.10. The predicted octanol–water partition coefficient (Wildman–Crippen LogP) is 1.92. The van der Waals surface area contributed by atoms with Gasteiger partial charge in [-0.15, -0.1) is 5.10 Å². The van der Waals surface area contributed by atoms with Crippen molar-refractivity contribution < 1.29 is 14.3 Å². The van der Waals surface area contributed by atoms with Crippen molar-refractivity contribution in [2.45, 2.75) is 13.5 Å². The zero-order valence-electron chi connectivity index (χ0n) is 17.2. The highest BCUT2D eigenvalue weighted by Gasteiger charge is 2.16. The van der Waals surface area contributed by atoms with Gasteiger partial charge in [-0.25, -0.2) is 18.9 Å². The minimum Gasteiger partial charge on any atom is -0.497 e. The molecule has 3 aromatic heterocycles. The third-order valence-corrected chi connectivity index (χ3v) is 4.64. The Labute approximate surface area is 177 Å². The van der Waals surface area contributed by atoms with Gasteiger partial charge >= 0.3 is 5.69 Å². The highest BCUT2D eigenvalue weighted by molar-refractivity contribution is 5.92. The molecule has 1 N–H and O–H groups in total. The maximum absolute atomic E-state index is 12.8. The maximum atomic E-state index is 12.8. The molecule has 0 aliphatic heterocycles. The van der Waals surface area contributed by atoms with Crippen LogP contribution in [0.4, 0.5) is 5.69 Å². The van der Waals surface area contributed by atoms with Crippen LogP contribution < -0.4 is 20.5 Å². The fourth-order valence-electron chi connectivity index (χ4n) is 3.18. The lowest BCUT2D eigenvalue weighted by Gasteiger charge is -2.11. The highest BCUT2D eigenvalue weighted by Crippen LogP contribution is 2.29. The quantitative estimate of drug-likeness (QED) is 0.507. The second kappa shape index (κ2) is 8.27. The average molecular weight is 420 g/mol. The van der Waals surface area contributed by atoms with Crippen molar-refractivity contribution in [1.29, 1.82) is 0 Å². The summed E-state index contributed by atoms with van der Waals surface area (Å²) in [6, 6.07) is 12.2. The van der Waals surface area contributed by atoms with E-state index in [2.05, 4.69) is 20.4 Å². The van der Waals surface area contributed by atoms with Crippen LogP contribution in [-0.2, 0) is 11.3 Å². The Balaban J connectivity index is 1.62. The van der Waals surface area contributed by atoms with E-state index < -0.39 is 11.6 Å². The summed E-state index contributed by atoms with van der Waals surface area (Å²) >= 11 is 0. The van der Waals surface area contributed by atoms with Crippen LogP contribution in [0.15, 0.2) is 53.5 Å². The standard InChI is InChI=1S/C21H20N6O4/c1-13-23-17(15-6-4-5-9-22-15)11-19-25-26(21(29)27(13)19)12-20(28)24-16-8-7-14(30-2)10-18(16)31-3/h4-11H,12H2,1-3H3,(H,24,28). The summed E-state index contributed by atoms with van der Waals surface area (Å²) in [5.74, 6) is 1.06. The van der Waals surface area contributed by atoms with E-state index in [1.165, 1.54) is 11.5 Å². The number of pyridine rings is 1. The topological polar surface area (TPSA) is 113 Å². The molecule has 31 heavy (non-hydrogen) atoms. The normalized spacial score (nSPS) is 10.8. The summed E-state index contributed by atoms with van der Waals surface area (Å²) in [6.07, 6.45) is 1.67. The molecular weight excluding hydrogens is 400 g/mol. The third-order valence-electron chi connectivity index (χ3n) is 4.64. The fourth-order valence-corrected chi connectivity index (χ4v) is 3.18. The molecule has 0 saturated heterocycles. The van der Waals surface area contributed by atoms with Crippen LogP contribution in [0.5, 0.6) is 11.5 Å². The molecule has 0 fully saturated rings. The molecule has 158 valence electrons. The van der Waals surface area contributed by atoms with Gasteiger partial charge in [-0.3, -0.25) is 9.78 Å². The summed E-state index contributed by atoms with van der Waals surface area (Å²) in [5, 5.41) is 7.03. The van der Waals surface area contributed by atoms with Crippen LogP contribution in [0, 0.1) is 6.92 Å². The first-order valence-electron chi connectivity index (χ1n) is 9.40. The number of methoxy groups -OCH3 is 2. The molecule has 1 amide bonds. The van der Waals surface area contributed by atoms with E-state index in [4.69, 9.17) is 9.47 Å². The molecule has 1 aromatic carbocycles. The molecule has 0 unspecified atom stereocenters. The predicted molar refractivity (Wildman–Crippen MR) is 113 cm³/mol. The lowest BCUT2D eigenvalue weighted by molar-refractivity contribution is -0.117. The maximum Gasteiger partial charge on any atom is 0.352 e. The summed E-state index contributed by atoms with van der Waals surface area (Å²) in [7, 11) is 3.03. The zero-order valence-corrected chi connectivity index (χ0v) is 17.2. The number of benzene rings is 1. The van der Waals surface area contributed by atoms with E-state index in [9.17, 15) is 9.59 Å². The SMILES string of the molecule is COc1ccc(NC(=O)Cn2nc3cc(-c4ccccn4)nc(C)n3c2=O)c(OC)c1. The number of fused-ring (bicyclic) bond motifs is 1. The number of nitrogens with one attached hydrogen (secondary N) is 1. The largest absolute Gasteiger partial charge is 0.497 e. The minimum absolute atomic E-state index is 0.270. The van der Waals surface area contributed by atoms with Gasteiger partial charge in [0.1, 0.15) is 23.9 Å². The van der Waals surface area contributed by atoms with Crippen molar-refractivity contribution in [3.8, 4) is 22.9 Å². The van der Waals surface area contributed by atoms with Crippen LogP contribution in [0.3, 0.4) is 0 Å². The van der Waals surface area contributed by atoms with E-state index in [1.807, 2.05) is 18.2 Å². The van der Waals surface area contributed by atoms with E-state index in [0.717, 1.165) is 4.68 Å². The van der Waals surface area contributed by atoms with Gasteiger partial charge in [0.05, 0.1) is 31.3 Å². The number of aryl methyl sites for hydroxylation is 1. The number of aromatic nitrogens is 5. The van der Waals surface area contributed by atoms with Crippen LogP contribution in [-0.4, -0.2) is 44.3 Å². The van der Waals surface area contributed by atoms with E-state index in [-0.39, 0.29) is 6.54 Å². The third kappa shape index (κ3) is 3.95. The monoisotopic (exact) mass is 420 g/mol. The van der Waals surface area contributed by atoms with E-state index >= 15 is 0 Å². The minimum atomic E-state index is -0.454. The van der Waals surface area contributed by atoms with Crippen molar-refractivity contribution in [3.63, 3.8) is 0 Å². The molecule has 0 aliphatic carbocycles. The highest BCUT2D eigenvalue weighted by atomic mass is 16.5. The van der Waals surface area contributed by atoms with Crippen LogP contribution in [0.2, 0.25) is 0 Å². The molecule has 3 heterocycles. The van der Waals surface area contributed by atoms with Gasteiger partial charge in [-0.1, -0.05) is 6.07 Å². The van der Waals surface area contributed by atoms with Crippen molar-refractivity contribution in [2.24, 2.45) is 0 Å². The molecule has 4 aromatic rings. The summed E-state index contributed by atoms with van der Waals surface area (Å²) in [4.78, 5) is 34.1. The Morgan fingerprint density at radius 3 is 2.65 bits per heavy atom. The van der Waals surface area contributed by atoms with Crippen LogP contribution in [0.25, 0.3) is 17.0 Å². The van der Waals surface area contributed by atoms with Crippen molar-refractivity contribution >= 4 is 17.2 Å². The first kappa shape index (κ1) is 20.1. The zero-order chi connectivity index (χ0) is 22.0. The molecule has 10 heteroatoms. The number of rotatable bonds is 6. The number of carbonyl (C=O) groups excluding carboxylic acids is 1. The van der Waals surface area contributed by atoms with Crippen molar-refractivity contribution in [1.82, 2.24) is 24.1 Å². The van der Waals surface area contributed by atoms with Crippen molar-refractivity contribution in [3.05, 3.63) is 65.0 Å². The summed E-state index contributed by atoms with van der Waals surface area (Å²) in [6.45, 7) is 1.43. The summed E-state index contributed by atoms with van der Waals surface area (Å²) < 4.78 is 12.9. The van der Waals surface area contributed by atoms with Gasteiger partial charge in [0, 0.05) is 18.3 Å². The second-order valence-electron chi connectivity index (χ2n) is 6.65. The van der Waals surface area contributed by atoms with Crippen LogP contribution in [0.1, 0.15) is 5.82 Å². The Kier molecular flexibility index (Phi) is 5.35. The first-order valence-corrected chi connectivity index (χ1v) is 9.40. The van der Waals surface area contributed by atoms with Gasteiger partial charge in [-0.05, 0) is 31.2 Å². The lowest BCUT2D eigenvalue weighted by atomic mass is 10.2. The molecule has 0 bridgehead atoms. The number of carbonyl (C=O) groups is 1. The number of amides is 1. The molecule has 10 nitrogen and oxygen atoms in total. The van der Waals surface area contributed by atoms with Crippen LogP contribution >= 0.6 is 0 Å². The first-order chi connectivity index (χ1) is 15.0. The fraction of sp³-hybridized carbons (Fsp3) is 0.190. The number of nitrogens with zero attached hydrogens (tertiary/aromatic N) is 5. The van der Waals surface area contributed by atoms with E-state index in [1.54, 1.807) is 44.5 Å². The Hall–Kier alpha value is -4.21. The van der Waals surface area contributed by atoms with Gasteiger partial charge in [0.2, 0.25) is 5.91 Å². The molecule has 4 rings (SSSR count). The second-order valence-corrected chi connectivity index (χ2v) is 6.65. The Morgan fingerprint density at radius 1 is 1.10 bits per heavy atom. The summed E-state index contributed by atoms with van der Waals surface area (Å²) in [5.41, 5.74) is 1.65. The number of hydrogen-bond donors (Lipinski definition) is 1. The molecule has 0 radical (unpaired) electrons. The number of anilines is 1. The molecule has 0 spiro atoms. The van der Waals surface area contributed by atoms with E-state index in [0.29, 0.717) is 40.0 Å². The Bertz CT molecular complexity index is 1310. The van der Waals surface area contributed by atoms with Crippen molar-refractivity contribution in [2.75, 3.05) is 19.5 Å². The van der Waals surface area contributed by atoms with Gasteiger partial charge in [0.25, 0.3) is 0 Å². The van der Waals surface area contributed by atoms with Gasteiger partial charge in [0.15, 0.2) is 5.65 Å². The molecular formula is C21H20N6O4. The molecule has 0 saturated carbocycles. The lowest BCUT2D eigenvalue weighted by Crippen LogP contribution is -2.29. The number of hydrogen-bond acceptors (Lipinski definition) is 7. The van der Waals surface area contributed by atoms with Gasteiger partial charge < -0.3 is 14.8 Å².